The van der Waals surface area contributed by atoms with Crippen molar-refractivity contribution < 1.29 is 0 Å². The third-order valence-electron chi connectivity index (χ3n) is 1.72. The zero-order valence-electron chi connectivity index (χ0n) is 6.01. The molecule has 0 spiro atoms. The molecule has 1 heterocycles. The van der Waals surface area contributed by atoms with Crippen LogP contribution >= 0.6 is 0 Å². The predicted molar refractivity (Wildman–Crippen MR) is 40.1 cm³/mol. The van der Waals surface area contributed by atoms with Crippen LogP contribution in [-0.2, 0) is 0 Å². The van der Waals surface area contributed by atoms with Crippen LogP contribution < -0.4 is 0 Å². The highest BCUT2D eigenvalue weighted by Crippen LogP contribution is 2.04. The normalized spacial score (nSPS) is 21.9. The molecule has 52 valence electrons. The van der Waals surface area contributed by atoms with Gasteiger partial charge in [0.25, 0.3) is 0 Å². The summed E-state index contributed by atoms with van der Waals surface area (Å²) in [5.74, 6) is 0. The van der Waals surface area contributed by atoms with E-state index < -0.39 is 0 Å². The van der Waals surface area contributed by atoms with Crippen molar-refractivity contribution in [2.75, 3.05) is 26.7 Å². The van der Waals surface area contributed by atoms with Crippen molar-refractivity contribution >= 4 is 6.21 Å². The fourth-order valence-corrected chi connectivity index (χ4v) is 1.16. The van der Waals surface area contributed by atoms with E-state index in [4.69, 9.17) is 0 Å². The average molecular weight is 126 g/mol. The van der Waals surface area contributed by atoms with E-state index in [1.165, 1.54) is 25.9 Å². The minimum atomic E-state index is 1.05. The number of likely N-dealkylation sites (tertiary alicyclic amines) is 1. The van der Waals surface area contributed by atoms with Gasteiger partial charge in [0.1, 0.15) is 0 Å². The lowest BCUT2D eigenvalue weighted by molar-refractivity contribution is 0.391. The molecule has 2 heteroatoms. The summed E-state index contributed by atoms with van der Waals surface area (Å²) in [4.78, 5) is 6.36. The first-order valence-electron chi connectivity index (χ1n) is 3.56. The third-order valence-corrected chi connectivity index (χ3v) is 1.72. The van der Waals surface area contributed by atoms with Gasteiger partial charge in [0, 0.05) is 19.8 Å². The van der Waals surface area contributed by atoms with Gasteiger partial charge in [-0.1, -0.05) is 0 Å². The lowest BCUT2D eigenvalue weighted by Gasteiger charge is -2.09. The fraction of sp³-hybridized carbons (Fsp3) is 0.857. The lowest BCUT2D eigenvalue weighted by atomic mass is 10.4. The lowest BCUT2D eigenvalue weighted by Crippen LogP contribution is -2.21. The van der Waals surface area contributed by atoms with Crippen LogP contribution in [0.1, 0.15) is 12.8 Å². The molecule has 1 aliphatic rings. The molecular formula is C7H14N2. The maximum absolute atomic E-state index is 3.93. The largest absolute Gasteiger partial charge is 0.300 e. The van der Waals surface area contributed by atoms with Crippen LogP contribution in [-0.4, -0.2) is 37.8 Å². The van der Waals surface area contributed by atoms with Crippen LogP contribution in [0.25, 0.3) is 0 Å². The first kappa shape index (κ1) is 6.75. The molecule has 0 aromatic heterocycles. The minimum Gasteiger partial charge on any atom is -0.300 e. The summed E-state index contributed by atoms with van der Waals surface area (Å²) in [6.45, 7) is 3.59. The Kier molecular flexibility index (Phi) is 2.71. The summed E-state index contributed by atoms with van der Waals surface area (Å²) in [6, 6.07) is 0. The fourth-order valence-electron chi connectivity index (χ4n) is 1.16. The molecule has 9 heavy (non-hydrogen) atoms. The van der Waals surface area contributed by atoms with E-state index in [1.54, 1.807) is 0 Å². The predicted octanol–water partition coefficient (Wildman–Crippen LogP) is 0.783. The number of nitrogens with zero attached hydrogens (tertiary/aromatic N) is 2. The van der Waals surface area contributed by atoms with Crippen LogP contribution in [0.15, 0.2) is 4.99 Å². The number of hydrogen-bond donors (Lipinski definition) is 0. The molecule has 0 aliphatic carbocycles. The highest BCUT2D eigenvalue weighted by Gasteiger charge is 2.08. The van der Waals surface area contributed by atoms with Crippen LogP contribution in [0.4, 0.5) is 0 Å². The Balaban J connectivity index is 2.11. The highest BCUT2D eigenvalue weighted by molar-refractivity contribution is 5.59. The van der Waals surface area contributed by atoms with E-state index in [1.807, 2.05) is 13.3 Å². The number of aliphatic imine (C=N–C) groups is 1. The van der Waals surface area contributed by atoms with Gasteiger partial charge >= 0.3 is 0 Å². The molecule has 1 aliphatic heterocycles. The quantitative estimate of drug-likeness (QED) is 0.499. The van der Waals surface area contributed by atoms with Crippen molar-refractivity contribution in [2.24, 2.45) is 4.99 Å². The second-order valence-corrected chi connectivity index (χ2v) is 2.45. The summed E-state index contributed by atoms with van der Waals surface area (Å²) in [7, 11) is 1.83. The molecule has 0 N–H and O–H groups in total. The number of rotatable bonds is 2. The van der Waals surface area contributed by atoms with Crippen molar-refractivity contribution in [3.05, 3.63) is 0 Å². The van der Waals surface area contributed by atoms with E-state index in [2.05, 4.69) is 9.89 Å². The Labute approximate surface area is 56.6 Å². The molecule has 1 saturated heterocycles. The van der Waals surface area contributed by atoms with Crippen molar-refractivity contribution in [2.45, 2.75) is 12.8 Å². The Morgan fingerprint density at radius 1 is 1.44 bits per heavy atom. The Morgan fingerprint density at radius 2 is 2.11 bits per heavy atom. The van der Waals surface area contributed by atoms with E-state index in [0.29, 0.717) is 0 Å². The second-order valence-electron chi connectivity index (χ2n) is 2.45. The summed E-state index contributed by atoms with van der Waals surface area (Å²) < 4.78 is 0. The van der Waals surface area contributed by atoms with Crippen LogP contribution in [0.5, 0.6) is 0 Å². The summed E-state index contributed by atoms with van der Waals surface area (Å²) >= 11 is 0. The first-order valence-corrected chi connectivity index (χ1v) is 3.56. The van der Waals surface area contributed by atoms with Crippen LogP contribution in [0.3, 0.4) is 0 Å². The zero-order valence-corrected chi connectivity index (χ0v) is 6.01. The summed E-state index contributed by atoms with van der Waals surface area (Å²) in [6.07, 6.45) is 4.72. The number of hydrogen-bond acceptors (Lipinski definition) is 2. The first-order chi connectivity index (χ1) is 4.43. The summed E-state index contributed by atoms with van der Waals surface area (Å²) in [5.41, 5.74) is 0. The highest BCUT2D eigenvalue weighted by atomic mass is 15.1. The van der Waals surface area contributed by atoms with E-state index in [0.717, 1.165) is 6.54 Å². The van der Waals surface area contributed by atoms with Gasteiger partial charge in [-0.2, -0.15) is 0 Å². The van der Waals surface area contributed by atoms with Gasteiger partial charge in [-0.25, -0.2) is 0 Å². The molecule has 0 amide bonds. The van der Waals surface area contributed by atoms with Crippen molar-refractivity contribution in [1.82, 2.24) is 4.90 Å². The van der Waals surface area contributed by atoms with E-state index >= 15 is 0 Å². The molecule has 1 rings (SSSR count). The topological polar surface area (TPSA) is 15.6 Å². The molecule has 0 aromatic rings. The standard InChI is InChI=1S/C7H14N2/c1-8-4-7-9-5-2-3-6-9/h4H,2-3,5-7H2,1H3. The maximum atomic E-state index is 3.93. The van der Waals surface area contributed by atoms with Crippen molar-refractivity contribution in [3.8, 4) is 0 Å². The molecule has 0 bridgehead atoms. The second kappa shape index (κ2) is 3.62. The molecule has 0 aromatic carbocycles. The molecule has 0 radical (unpaired) electrons. The van der Waals surface area contributed by atoms with Gasteiger partial charge in [-0.3, -0.25) is 9.89 Å². The molecule has 0 saturated carbocycles. The minimum absolute atomic E-state index is 1.05. The molecule has 2 nitrogen and oxygen atoms in total. The maximum Gasteiger partial charge on any atom is 0.0333 e. The summed E-state index contributed by atoms with van der Waals surface area (Å²) in [5, 5.41) is 0. The Bertz CT molecular complexity index is 93.1. The van der Waals surface area contributed by atoms with Crippen LogP contribution in [0, 0.1) is 0 Å². The van der Waals surface area contributed by atoms with Gasteiger partial charge < -0.3 is 0 Å². The smallest absolute Gasteiger partial charge is 0.0333 e. The van der Waals surface area contributed by atoms with Crippen molar-refractivity contribution in [1.29, 1.82) is 0 Å². The molecule has 0 unspecified atom stereocenters. The monoisotopic (exact) mass is 126 g/mol. The zero-order chi connectivity index (χ0) is 6.53. The Morgan fingerprint density at radius 3 is 2.67 bits per heavy atom. The van der Waals surface area contributed by atoms with Gasteiger partial charge in [-0.05, 0) is 25.9 Å². The van der Waals surface area contributed by atoms with Gasteiger partial charge in [0.05, 0.1) is 0 Å². The molecular weight excluding hydrogens is 112 g/mol. The Hall–Kier alpha value is -0.370. The van der Waals surface area contributed by atoms with E-state index in [9.17, 15) is 0 Å². The van der Waals surface area contributed by atoms with Gasteiger partial charge in [0.2, 0.25) is 0 Å². The third kappa shape index (κ3) is 2.14. The van der Waals surface area contributed by atoms with Gasteiger partial charge in [0.15, 0.2) is 0 Å². The van der Waals surface area contributed by atoms with E-state index in [-0.39, 0.29) is 0 Å². The van der Waals surface area contributed by atoms with Crippen molar-refractivity contribution in [3.63, 3.8) is 0 Å². The molecule has 1 fully saturated rings. The average Bonchev–Trinajstić information content (AvgIpc) is 2.34. The SMILES string of the molecule is CN=CCN1CCCC1. The van der Waals surface area contributed by atoms with Crippen LogP contribution in [0.2, 0.25) is 0 Å². The van der Waals surface area contributed by atoms with Gasteiger partial charge in [-0.15, -0.1) is 0 Å². The molecule has 0 atom stereocenters.